The minimum Gasteiger partial charge on any atom is -0.497 e. The monoisotopic (exact) mass is 418 g/mol. The Morgan fingerprint density at radius 3 is 2.65 bits per heavy atom. The summed E-state index contributed by atoms with van der Waals surface area (Å²) < 4.78 is 13.1. The average Bonchev–Trinajstić information content (AvgIpc) is 3.47. The Morgan fingerprint density at radius 2 is 1.90 bits per heavy atom. The number of carbonyl (C=O) groups is 2. The fourth-order valence-corrected chi connectivity index (χ4v) is 4.82. The van der Waals surface area contributed by atoms with Gasteiger partial charge in [0.1, 0.15) is 5.75 Å². The third-order valence-corrected chi connectivity index (χ3v) is 6.37. The summed E-state index contributed by atoms with van der Waals surface area (Å²) in [5.74, 6) is 0.0173. The highest BCUT2D eigenvalue weighted by Crippen LogP contribution is 2.42. The van der Waals surface area contributed by atoms with Crippen LogP contribution in [0.15, 0.2) is 42.5 Å². The van der Waals surface area contributed by atoms with Gasteiger partial charge in [-0.3, -0.25) is 4.79 Å². The van der Waals surface area contributed by atoms with E-state index in [0.29, 0.717) is 17.4 Å². The van der Waals surface area contributed by atoms with Crippen molar-refractivity contribution in [2.24, 2.45) is 0 Å². The largest absolute Gasteiger partial charge is 0.497 e. The molecular weight excluding hydrogens is 392 g/mol. The third kappa shape index (κ3) is 3.26. The molecule has 0 bridgehead atoms. The van der Waals surface area contributed by atoms with Crippen LogP contribution in [0.5, 0.6) is 5.75 Å². The topological polar surface area (TPSA) is 60.8 Å². The van der Waals surface area contributed by atoms with Gasteiger partial charge in [0.15, 0.2) is 6.61 Å². The lowest BCUT2D eigenvalue weighted by atomic mass is 10.1. The first-order valence-electron chi connectivity index (χ1n) is 10.7. The molecule has 0 N–H and O–H groups in total. The number of rotatable bonds is 5. The second kappa shape index (κ2) is 7.45. The van der Waals surface area contributed by atoms with Crippen LogP contribution in [0.2, 0.25) is 0 Å². The highest BCUT2D eigenvalue weighted by Gasteiger charge is 2.33. The fourth-order valence-electron chi connectivity index (χ4n) is 4.82. The predicted octanol–water partition coefficient (Wildman–Crippen LogP) is 4.43. The number of esters is 1. The molecule has 1 aliphatic heterocycles. The minimum absolute atomic E-state index is 0.0476. The summed E-state index contributed by atoms with van der Waals surface area (Å²) in [6, 6.07) is 14.1. The van der Waals surface area contributed by atoms with E-state index in [2.05, 4.69) is 4.57 Å². The van der Waals surface area contributed by atoms with Crippen LogP contribution in [-0.4, -0.2) is 36.2 Å². The fraction of sp³-hybridized carbons (Fsp3) is 0.360. The van der Waals surface area contributed by atoms with E-state index in [1.807, 2.05) is 56.3 Å². The number of para-hydroxylation sites is 1. The Balaban J connectivity index is 1.41. The molecule has 1 saturated carbocycles. The molecule has 3 aromatic rings. The predicted molar refractivity (Wildman–Crippen MR) is 119 cm³/mol. The van der Waals surface area contributed by atoms with Crippen molar-refractivity contribution in [3.63, 3.8) is 0 Å². The maximum atomic E-state index is 13.1. The Morgan fingerprint density at radius 1 is 1.13 bits per heavy atom. The number of ether oxygens (including phenoxy) is 2. The third-order valence-electron chi connectivity index (χ3n) is 6.37. The SMILES string of the molecule is COc1ccc2c(c1)c(C(=O)OCC(=O)N1c3ccccc3CC1C)c(C)n2C1CC1. The highest BCUT2D eigenvalue weighted by atomic mass is 16.5. The summed E-state index contributed by atoms with van der Waals surface area (Å²) in [6.45, 7) is 3.68. The van der Waals surface area contributed by atoms with Crippen molar-refractivity contribution in [2.75, 3.05) is 18.6 Å². The molecule has 2 aromatic carbocycles. The second-order valence-electron chi connectivity index (χ2n) is 8.47. The zero-order valence-corrected chi connectivity index (χ0v) is 18.1. The molecule has 1 amide bonds. The van der Waals surface area contributed by atoms with Gasteiger partial charge in [0.25, 0.3) is 5.91 Å². The molecule has 1 aromatic heterocycles. The van der Waals surface area contributed by atoms with E-state index < -0.39 is 5.97 Å². The number of benzene rings is 2. The number of anilines is 1. The van der Waals surface area contributed by atoms with Crippen molar-refractivity contribution < 1.29 is 19.1 Å². The van der Waals surface area contributed by atoms with Crippen molar-refractivity contribution in [1.29, 1.82) is 0 Å². The summed E-state index contributed by atoms with van der Waals surface area (Å²) in [5.41, 5.74) is 4.44. The number of hydrogen-bond donors (Lipinski definition) is 0. The summed E-state index contributed by atoms with van der Waals surface area (Å²) in [7, 11) is 1.61. The van der Waals surface area contributed by atoms with Crippen LogP contribution >= 0.6 is 0 Å². The van der Waals surface area contributed by atoms with Gasteiger partial charge in [0.05, 0.1) is 12.7 Å². The lowest BCUT2D eigenvalue weighted by Gasteiger charge is -2.22. The van der Waals surface area contributed by atoms with E-state index in [9.17, 15) is 9.59 Å². The summed E-state index contributed by atoms with van der Waals surface area (Å²) in [6.07, 6.45) is 3.02. The number of fused-ring (bicyclic) bond motifs is 2. The molecule has 0 spiro atoms. The maximum Gasteiger partial charge on any atom is 0.341 e. The Hall–Kier alpha value is -3.28. The first kappa shape index (κ1) is 19.7. The van der Waals surface area contributed by atoms with Gasteiger partial charge in [0.2, 0.25) is 0 Å². The van der Waals surface area contributed by atoms with Gasteiger partial charge in [-0.2, -0.15) is 0 Å². The number of methoxy groups -OCH3 is 1. The van der Waals surface area contributed by atoms with Crippen molar-refractivity contribution in [2.45, 2.75) is 45.2 Å². The summed E-state index contributed by atoms with van der Waals surface area (Å²) >= 11 is 0. The quantitative estimate of drug-likeness (QED) is 0.575. The molecule has 6 heteroatoms. The molecule has 1 unspecified atom stereocenters. The van der Waals surface area contributed by atoms with Gasteiger partial charge < -0.3 is 18.9 Å². The van der Waals surface area contributed by atoms with Crippen LogP contribution in [0.1, 0.15) is 47.4 Å². The summed E-state index contributed by atoms with van der Waals surface area (Å²) in [5, 5.41) is 0.807. The first-order valence-corrected chi connectivity index (χ1v) is 10.7. The van der Waals surface area contributed by atoms with Gasteiger partial charge >= 0.3 is 5.97 Å². The number of aromatic nitrogens is 1. The molecule has 1 fully saturated rings. The van der Waals surface area contributed by atoms with Gasteiger partial charge in [-0.1, -0.05) is 18.2 Å². The maximum absolute atomic E-state index is 13.1. The molecule has 6 nitrogen and oxygen atoms in total. The lowest BCUT2D eigenvalue weighted by molar-refractivity contribution is -0.122. The number of carbonyl (C=O) groups excluding carboxylic acids is 2. The number of amides is 1. The van der Waals surface area contributed by atoms with Crippen molar-refractivity contribution in [3.05, 3.63) is 59.3 Å². The van der Waals surface area contributed by atoms with Gasteiger partial charge in [-0.15, -0.1) is 0 Å². The average molecular weight is 418 g/mol. The number of hydrogen-bond acceptors (Lipinski definition) is 4. The van der Waals surface area contributed by atoms with Crippen LogP contribution in [0.25, 0.3) is 10.9 Å². The van der Waals surface area contributed by atoms with Crippen molar-refractivity contribution in [1.82, 2.24) is 4.57 Å². The van der Waals surface area contributed by atoms with E-state index in [4.69, 9.17) is 9.47 Å². The van der Waals surface area contributed by atoms with E-state index in [1.165, 1.54) is 0 Å². The Kier molecular flexibility index (Phi) is 4.73. The zero-order chi connectivity index (χ0) is 21.7. The zero-order valence-electron chi connectivity index (χ0n) is 18.1. The minimum atomic E-state index is -0.469. The Labute approximate surface area is 181 Å². The molecule has 1 aliphatic carbocycles. The van der Waals surface area contributed by atoms with Gasteiger partial charge in [-0.05, 0) is 62.9 Å². The smallest absolute Gasteiger partial charge is 0.341 e. The lowest BCUT2D eigenvalue weighted by Crippen LogP contribution is -2.38. The number of nitrogens with zero attached hydrogens (tertiary/aromatic N) is 2. The molecule has 31 heavy (non-hydrogen) atoms. The Bertz CT molecular complexity index is 1190. The van der Waals surface area contributed by atoms with Gasteiger partial charge in [-0.25, -0.2) is 4.79 Å². The normalized spacial score (nSPS) is 17.6. The molecule has 5 rings (SSSR count). The molecule has 2 aliphatic rings. The van der Waals surface area contributed by atoms with E-state index in [-0.39, 0.29) is 18.6 Å². The molecule has 1 atom stereocenters. The van der Waals surface area contributed by atoms with E-state index in [1.54, 1.807) is 12.0 Å². The van der Waals surface area contributed by atoms with E-state index >= 15 is 0 Å². The highest BCUT2D eigenvalue weighted by molar-refractivity contribution is 6.07. The van der Waals surface area contributed by atoms with Crippen molar-refractivity contribution >= 4 is 28.5 Å². The first-order chi connectivity index (χ1) is 15.0. The molecule has 0 radical (unpaired) electrons. The molecular formula is C25H26N2O4. The van der Waals surface area contributed by atoms with Crippen molar-refractivity contribution in [3.8, 4) is 5.75 Å². The molecule has 160 valence electrons. The van der Waals surface area contributed by atoms with Crippen LogP contribution < -0.4 is 9.64 Å². The van der Waals surface area contributed by atoms with Crippen LogP contribution in [0, 0.1) is 6.92 Å². The molecule has 2 heterocycles. The summed E-state index contributed by atoms with van der Waals surface area (Å²) in [4.78, 5) is 27.8. The van der Waals surface area contributed by atoms with Crippen LogP contribution in [-0.2, 0) is 16.0 Å². The van der Waals surface area contributed by atoms with Crippen LogP contribution in [0.3, 0.4) is 0 Å². The standard InChI is InChI=1S/C25H26N2O4/c1-15-12-17-6-4-5-7-21(17)26(15)23(28)14-31-25(29)24-16(2)27(18-8-9-18)22-11-10-19(30-3)13-20(22)24/h4-7,10-11,13,15,18H,8-9,12,14H2,1-3H3. The van der Waals surface area contributed by atoms with Crippen LogP contribution in [0.4, 0.5) is 5.69 Å². The van der Waals surface area contributed by atoms with Gasteiger partial charge in [0, 0.05) is 34.4 Å². The molecule has 0 saturated heterocycles. The second-order valence-corrected chi connectivity index (χ2v) is 8.47. The van der Waals surface area contributed by atoms with E-state index in [0.717, 1.165) is 47.1 Å².